The fourth-order valence-corrected chi connectivity index (χ4v) is 2.92. The van der Waals surface area contributed by atoms with Crippen LogP contribution in [0.25, 0.3) is 11.1 Å². The number of carbonyl (C=O) groups excluding carboxylic acids is 1. The first-order valence-electron chi connectivity index (χ1n) is 8.56. The van der Waals surface area contributed by atoms with Crippen molar-refractivity contribution in [3.8, 4) is 22.6 Å². The number of aromatic nitrogens is 2. The maximum Gasteiger partial charge on any atom is 0.246 e. The smallest absolute Gasteiger partial charge is 0.246 e. The Kier molecular flexibility index (Phi) is 5.90. The molecule has 0 saturated heterocycles. The zero-order valence-corrected chi connectivity index (χ0v) is 15.7. The standard InChI is InChI=1S/C20H21FN4O3/c1-22-19(12-5-4-6-14(7-12)27-2)20(26)25-17-9-18(28-3)15(8-16(17)21)13-10-23-24-11-13/h4-11,19,22H,1-3H3,(H,23,24)(H,25,26). The zero-order chi connectivity index (χ0) is 20.1. The van der Waals surface area contributed by atoms with Crippen molar-refractivity contribution >= 4 is 11.6 Å². The van der Waals surface area contributed by atoms with Gasteiger partial charge in [-0.1, -0.05) is 12.1 Å². The second kappa shape index (κ2) is 8.53. The Morgan fingerprint density at radius 2 is 2.04 bits per heavy atom. The van der Waals surface area contributed by atoms with Crippen LogP contribution < -0.4 is 20.1 Å². The molecule has 0 aliphatic heterocycles. The van der Waals surface area contributed by atoms with E-state index in [0.29, 0.717) is 28.2 Å². The molecular weight excluding hydrogens is 363 g/mol. The summed E-state index contributed by atoms with van der Waals surface area (Å²) in [5, 5.41) is 12.1. The molecule has 3 aromatic rings. The summed E-state index contributed by atoms with van der Waals surface area (Å²) < 4.78 is 25.2. The predicted molar refractivity (Wildman–Crippen MR) is 104 cm³/mol. The van der Waals surface area contributed by atoms with E-state index in [1.165, 1.54) is 19.2 Å². The van der Waals surface area contributed by atoms with Crippen molar-refractivity contribution in [1.29, 1.82) is 0 Å². The van der Waals surface area contributed by atoms with Gasteiger partial charge in [0, 0.05) is 23.4 Å². The molecule has 0 fully saturated rings. The number of aromatic amines is 1. The number of hydrogen-bond donors (Lipinski definition) is 3. The van der Waals surface area contributed by atoms with E-state index < -0.39 is 17.8 Å². The van der Waals surface area contributed by atoms with Crippen molar-refractivity contribution < 1.29 is 18.7 Å². The monoisotopic (exact) mass is 384 g/mol. The van der Waals surface area contributed by atoms with Gasteiger partial charge < -0.3 is 20.1 Å². The maximum atomic E-state index is 14.7. The predicted octanol–water partition coefficient (Wildman–Crippen LogP) is 3.13. The van der Waals surface area contributed by atoms with Crippen LogP contribution in [0.4, 0.5) is 10.1 Å². The first kappa shape index (κ1) is 19.4. The largest absolute Gasteiger partial charge is 0.497 e. The maximum absolute atomic E-state index is 14.7. The van der Waals surface area contributed by atoms with Crippen LogP contribution in [0.15, 0.2) is 48.8 Å². The molecule has 0 radical (unpaired) electrons. The number of likely N-dealkylation sites (N-methyl/N-ethyl adjacent to an activating group) is 1. The fourth-order valence-electron chi connectivity index (χ4n) is 2.92. The van der Waals surface area contributed by atoms with Gasteiger partial charge >= 0.3 is 0 Å². The molecule has 1 unspecified atom stereocenters. The van der Waals surface area contributed by atoms with Crippen molar-refractivity contribution in [2.24, 2.45) is 0 Å². The number of halogens is 1. The lowest BCUT2D eigenvalue weighted by Gasteiger charge is -2.18. The lowest BCUT2D eigenvalue weighted by atomic mass is 10.0. The molecule has 146 valence electrons. The highest BCUT2D eigenvalue weighted by Gasteiger charge is 2.22. The van der Waals surface area contributed by atoms with E-state index in [9.17, 15) is 9.18 Å². The average molecular weight is 384 g/mol. The number of anilines is 1. The summed E-state index contributed by atoms with van der Waals surface area (Å²) in [5.41, 5.74) is 1.93. The van der Waals surface area contributed by atoms with Crippen LogP contribution >= 0.6 is 0 Å². The van der Waals surface area contributed by atoms with Crippen LogP contribution in [0.3, 0.4) is 0 Å². The highest BCUT2D eigenvalue weighted by atomic mass is 19.1. The average Bonchev–Trinajstić information content (AvgIpc) is 3.24. The number of hydrogen-bond acceptors (Lipinski definition) is 5. The molecule has 1 amide bonds. The molecule has 0 spiro atoms. The van der Waals surface area contributed by atoms with Gasteiger partial charge in [-0.05, 0) is 30.8 Å². The van der Waals surface area contributed by atoms with Gasteiger partial charge in [-0.25, -0.2) is 4.39 Å². The molecular formula is C20H21FN4O3. The molecule has 0 aliphatic rings. The normalized spacial score (nSPS) is 11.7. The molecule has 0 bridgehead atoms. The first-order chi connectivity index (χ1) is 13.6. The molecule has 1 atom stereocenters. The summed E-state index contributed by atoms with van der Waals surface area (Å²) in [6, 6.07) is 9.19. The van der Waals surface area contributed by atoms with E-state index in [1.54, 1.807) is 50.8 Å². The van der Waals surface area contributed by atoms with Gasteiger partial charge in [0.15, 0.2) is 0 Å². The summed E-state index contributed by atoms with van der Waals surface area (Å²) in [7, 11) is 4.69. The lowest BCUT2D eigenvalue weighted by Crippen LogP contribution is -2.31. The van der Waals surface area contributed by atoms with Crippen LogP contribution in [0.1, 0.15) is 11.6 Å². The zero-order valence-electron chi connectivity index (χ0n) is 15.7. The number of methoxy groups -OCH3 is 2. The minimum absolute atomic E-state index is 0.0252. The number of H-pyrrole nitrogens is 1. The molecule has 8 heteroatoms. The molecule has 0 saturated carbocycles. The minimum Gasteiger partial charge on any atom is -0.497 e. The fraction of sp³-hybridized carbons (Fsp3) is 0.200. The number of nitrogens with one attached hydrogen (secondary N) is 3. The van der Waals surface area contributed by atoms with Crippen LogP contribution in [0.2, 0.25) is 0 Å². The number of carbonyl (C=O) groups is 1. The molecule has 2 aromatic carbocycles. The molecule has 3 N–H and O–H groups in total. The number of benzene rings is 2. The van der Waals surface area contributed by atoms with E-state index in [4.69, 9.17) is 9.47 Å². The molecule has 0 aliphatic carbocycles. The van der Waals surface area contributed by atoms with Crippen LogP contribution in [0.5, 0.6) is 11.5 Å². The van der Waals surface area contributed by atoms with E-state index in [-0.39, 0.29) is 5.69 Å². The lowest BCUT2D eigenvalue weighted by molar-refractivity contribution is -0.118. The van der Waals surface area contributed by atoms with Gasteiger partial charge in [-0.15, -0.1) is 0 Å². The van der Waals surface area contributed by atoms with Gasteiger partial charge in [0.2, 0.25) is 5.91 Å². The Morgan fingerprint density at radius 3 is 2.68 bits per heavy atom. The van der Waals surface area contributed by atoms with Crippen molar-refractivity contribution in [3.05, 3.63) is 60.2 Å². The van der Waals surface area contributed by atoms with E-state index >= 15 is 0 Å². The van der Waals surface area contributed by atoms with Gasteiger partial charge in [0.1, 0.15) is 23.4 Å². The highest BCUT2D eigenvalue weighted by Crippen LogP contribution is 2.34. The molecule has 3 rings (SSSR count). The van der Waals surface area contributed by atoms with E-state index in [0.717, 1.165) is 0 Å². The quantitative estimate of drug-likeness (QED) is 0.582. The molecule has 1 heterocycles. The SMILES string of the molecule is CNC(C(=O)Nc1cc(OC)c(-c2cn[nH]c2)cc1F)c1cccc(OC)c1. The number of ether oxygens (including phenoxy) is 2. The Bertz CT molecular complexity index is 960. The van der Waals surface area contributed by atoms with Crippen molar-refractivity contribution in [1.82, 2.24) is 15.5 Å². The second-order valence-electron chi connectivity index (χ2n) is 6.01. The van der Waals surface area contributed by atoms with Gasteiger partial charge in [0.05, 0.1) is 26.1 Å². The Morgan fingerprint density at radius 1 is 1.21 bits per heavy atom. The number of rotatable bonds is 7. The molecule has 1 aromatic heterocycles. The highest BCUT2D eigenvalue weighted by molar-refractivity contribution is 5.96. The van der Waals surface area contributed by atoms with Crippen LogP contribution in [-0.4, -0.2) is 37.4 Å². The van der Waals surface area contributed by atoms with Crippen molar-refractivity contribution in [2.45, 2.75) is 6.04 Å². The van der Waals surface area contributed by atoms with Crippen molar-refractivity contribution in [2.75, 3.05) is 26.6 Å². The van der Waals surface area contributed by atoms with Crippen molar-refractivity contribution in [3.63, 3.8) is 0 Å². The summed E-state index contributed by atoms with van der Waals surface area (Å²) in [6.07, 6.45) is 3.20. The Labute approximate surface area is 161 Å². The second-order valence-corrected chi connectivity index (χ2v) is 6.01. The minimum atomic E-state index is -0.686. The van der Waals surface area contributed by atoms with E-state index in [2.05, 4.69) is 20.8 Å². The first-order valence-corrected chi connectivity index (χ1v) is 8.56. The third-order valence-electron chi connectivity index (χ3n) is 4.33. The van der Waals surface area contributed by atoms with E-state index in [1.807, 2.05) is 0 Å². The number of nitrogens with zero attached hydrogens (tertiary/aromatic N) is 1. The third-order valence-corrected chi connectivity index (χ3v) is 4.33. The third kappa shape index (κ3) is 3.96. The summed E-state index contributed by atoms with van der Waals surface area (Å²) >= 11 is 0. The van der Waals surface area contributed by atoms with Gasteiger partial charge in [0.25, 0.3) is 0 Å². The summed E-state index contributed by atoms with van der Waals surface area (Å²) in [4.78, 5) is 12.8. The molecule has 28 heavy (non-hydrogen) atoms. The van der Waals surface area contributed by atoms with Crippen LogP contribution in [0, 0.1) is 5.82 Å². The summed E-state index contributed by atoms with van der Waals surface area (Å²) in [5.74, 6) is 0.0574. The Hall–Kier alpha value is -3.39. The van der Waals surface area contributed by atoms with Gasteiger partial charge in [-0.2, -0.15) is 5.10 Å². The summed E-state index contributed by atoms with van der Waals surface area (Å²) in [6.45, 7) is 0. The van der Waals surface area contributed by atoms with Gasteiger partial charge in [-0.3, -0.25) is 9.89 Å². The molecule has 7 nitrogen and oxygen atoms in total. The number of amides is 1. The van der Waals surface area contributed by atoms with Crippen LogP contribution in [-0.2, 0) is 4.79 Å². The topological polar surface area (TPSA) is 88.3 Å². The Balaban J connectivity index is 1.88.